The summed E-state index contributed by atoms with van der Waals surface area (Å²) < 4.78 is 5.65. The molecule has 0 aromatic heterocycles. The molecule has 2 atom stereocenters. The Hall–Kier alpha value is -0.120. The van der Waals surface area contributed by atoms with Gasteiger partial charge in [0.2, 0.25) is 0 Å². The minimum Gasteiger partial charge on any atom is -0.396 e. The van der Waals surface area contributed by atoms with Crippen LogP contribution in [0.1, 0.15) is 33.1 Å². The van der Waals surface area contributed by atoms with Crippen molar-refractivity contribution < 1.29 is 9.84 Å². The van der Waals surface area contributed by atoms with Crippen LogP contribution in [-0.4, -0.2) is 30.5 Å². The number of hydrogen-bond donors (Lipinski definition) is 2. The molecule has 3 nitrogen and oxygen atoms in total. The first-order chi connectivity index (χ1) is 6.12. The zero-order chi connectivity index (χ0) is 9.90. The average Bonchev–Trinajstić information content (AvgIpc) is 2.03. The molecule has 13 heavy (non-hydrogen) atoms. The average molecular weight is 187 g/mol. The van der Waals surface area contributed by atoms with Gasteiger partial charge in [0.25, 0.3) is 0 Å². The van der Waals surface area contributed by atoms with Crippen LogP contribution < -0.4 is 5.73 Å². The molecule has 1 aliphatic rings. The highest BCUT2D eigenvalue weighted by Gasteiger charge is 2.36. The highest BCUT2D eigenvalue weighted by molar-refractivity contribution is 4.88. The number of hydrogen-bond acceptors (Lipinski definition) is 3. The lowest BCUT2D eigenvalue weighted by atomic mass is 9.73. The second-order valence-corrected chi connectivity index (χ2v) is 4.34. The van der Waals surface area contributed by atoms with Gasteiger partial charge in [-0.2, -0.15) is 0 Å². The summed E-state index contributed by atoms with van der Waals surface area (Å²) in [7, 11) is 0. The number of aliphatic hydroxyl groups is 1. The minimum atomic E-state index is 0.117. The van der Waals surface area contributed by atoms with Crippen molar-refractivity contribution in [2.75, 3.05) is 13.2 Å². The van der Waals surface area contributed by atoms with Gasteiger partial charge in [0, 0.05) is 6.61 Å². The minimum absolute atomic E-state index is 0.117. The molecule has 1 heterocycles. The van der Waals surface area contributed by atoms with Crippen LogP contribution in [0.25, 0.3) is 0 Å². The first-order valence-corrected chi connectivity index (χ1v) is 5.08. The molecular weight excluding hydrogens is 166 g/mol. The maximum absolute atomic E-state index is 8.99. The predicted molar refractivity (Wildman–Crippen MR) is 52.4 cm³/mol. The zero-order valence-corrected chi connectivity index (χ0v) is 8.62. The molecule has 78 valence electrons. The van der Waals surface area contributed by atoms with E-state index in [0.29, 0.717) is 6.54 Å². The Kier molecular flexibility index (Phi) is 3.71. The quantitative estimate of drug-likeness (QED) is 0.690. The number of nitrogens with two attached hydrogens (primary N) is 1. The van der Waals surface area contributed by atoms with E-state index in [0.717, 1.165) is 19.3 Å². The summed E-state index contributed by atoms with van der Waals surface area (Å²) in [4.78, 5) is 0. The lowest BCUT2D eigenvalue weighted by molar-refractivity contribution is -0.0899. The highest BCUT2D eigenvalue weighted by atomic mass is 16.5. The third-order valence-corrected chi connectivity index (χ3v) is 2.98. The molecule has 0 aromatic carbocycles. The van der Waals surface area contributed by atoms with E-state index in [-0.39, 0.29) is 24.2 Å². The molecule has 2 unspecified atom stereocenters. The molecule has 3 N–H and O–H groups in total. The lowest BCUT2D eigenvalue weighted by Gasteiger charge is -2.42. The Morgan fingerprint density at radius 3 is 2.31 bits per heavy atom. The van der Waals surface area contributed by atoms with E-state index >= 15 is 0 Å². The van der Waals surface area contributed by atoms with Crippen molar-refractivity contribution in [3.8, 4) is 0 Å². The van der Waals surface area contributed by atoms with Gasteiger partial charge in [0.15, 0.2) is 0 Å². The second kappa shape index (κ2) is 4.40. The van der Waals surface area contributed by atoms with Gasteiger partial charge in [-0.25, -0.2) is 0 Å². The van der Waals surface area contributed by atoms with E-state index in [1.165, 1.54) is 0 Å². The molecule has 0 aliphatic carbocycles. The molecule has 0 aromatic rings. The largest absolute Gasteiger partial charge is 0.396 e. The molecule has 0 bridgehead atoms. The van der Waals surface area contributed by atoms with Crippen LogP contribution in [-0.2, 0) is 4.74 Å². The molecule has 1 fully saturated rings. The van der Waals surface area contributed by atoms with Gasteiger partial charge in [-0.15, -0.1) is 0 Å². The van der Waals surface area contributed by atoms with Gasteiger partial charge < -0.3 is 15.6 Å². The molecule has 1 aliphatic heterocycles. The number of aliphatic hydroxyl groups excluding tert-OH is 1. The predicted octanol–water partition coefficient (Wildman–Crippen LogP) is 0.901. The second-order valence-electron chi connectivity index (χ2n) is 4.34. The smallest absolute Gasteiger partial charge is 0.0556 e. The van der Waals surface area contributed by atoms with Crippen LogP contribution in [0.4, 0.5) is 0 Å². The Balaban J connectivity index is 2.62. The Bertz CT molecular complexity index is 151. The fourth-order valence-electron chi connectivity index (χ4n) is 2.51. The van der Waals surface area contributed by atoms with Crippen molar-refractivity contribution in [1.29, 1.82) is 0 Å². The van der Waals surface area contributed by atoms with Crippen LogP contribution >= 0.6 is 0 Å². The molecule has 0 spiro atoms. The van der Waals surface area contributed by atoms with Crippen molar-refractivity contribution in [2.24, 2.45) is 11.1 Å². The summed E-state index contributed by atoms with van der Waals surface area (Å²) in [5, 5.41) is 8.99. The fourth-order valence-corrected chi connectivity index (χ4v) is 2.51. The third-order valence-electron chi connectivity index (χ3n) is 2.98. The van der Waals surface area contributed by atoms with Gasteiger partial charge in [-0.05, 0) is 45.1 Å². The topological polar surface area (TPSA) is 55.5 Å². The molecule has 3 heteroatoms. The molecule has 0 saturated carbocycles. The van der Waals surface area contributed by atoms with Crippen LogP contribution in [0.5, 0.6) is 0 Å². The summed E-state index contributed by atoms with van der Waals surface area (Å²) >= 11 is 0. The van der Waals surface area contributed by atoms with Crippen LogP contribution in [0.2, 0.25) is 0 Å². The summed E-state index contributed by atoms with van der Waals surface area (Å²) in [6.45, 7) is 5.05. The zero-order valence-electron chi connectivity index (χ0n) is 8.62. The van der Waals surface area contributed by atoms with Gasteiger partial charge in [-0.1, -0.05) is 0 Å². The van der Waals surface area contributed by atoms with E-state index in [1.54, 1.807) is 0 Å². The van der Waals surface area contributed by atoms with Gasteiger partial charge >= 0.3 is 0 Å². The maximum Gasteiger partial charge on any atom is 0.0556 e. The monoisotopic (exact) mass is 187 g/mol. The summed E-state index contributed by atoms with van der Waals surface area (Å²) in [6.07, 6.45) is 3.32. The van der Waals surface area contributed by atoms with Crippen molar-refractivity contribution in [2.45, 2.75) is 45.3 Å². The summed E-state index contributed by atoms with van der Waals surface area (Å²) in [5.74, 6) is 0. The van der Waals surface area contributed by atoms with Crippen LogP contribution in [0.3, 0.4) is 0 Å². The maximum atomic E-state index is 8.99. The van der Waals surface area contributed by atoms with Gasteiger partial charge in [0.05, 0.1) is 12.2 Å². The van der Waals surface area contributed by atoms with Crippen molar-refractivity contribution >= 4 is 0 Å². The molecule has 1 rings (SSSR count). The normalized spacial score (nSPS) is 40.6. The molecule has 0 amide bonds. The fraction of sp³-hybridized carbons (Fsp3) is 1.00. The van der Waals surface area contributed by atoms with E-state index in [1.807, 2.05) is 0 Å². The van der Waals surface area contributed by atoms with E-state index in [9.17, 15) is 0 Å². The first kappa shape index (κ1) is 11.0. The molecule has 0 radical (unpaired) electrons. The van der Waals surface area contributed by atoms with Crippen molar-refractivity contribution in [3.63, 3.8) is 0 Å². The summed E-state index contributed by atoms with van der Waals surface area (Å²) in [6, 6.07) is 0. The Morgan fingerprint density at radius 1 is 1.38 bits per heavy atom. The lowest BCUT2D eigenvalue weighted by Crippen LogP contribution is -2.43. The van der Waals surface area contributed by atoms with Gasteiger partial charge in [-0.3, -0.25) is 0 Å². The Labute approximate surface area is 80.3 Å². The van der Waals surface area contributed by atoms with Gasteiger partial charge in [0.1, 0.15) is 0 Å². The first-order valence-electron chi connectivity index (χ1n) is 5.08. The third kappa shape index (κ3) is 2.66. The Morgan fingerprint density at radius 2 is 1.92 bits per heavy atom. The summed E-state index contributed by atoms with van der Waals surface area (Å²) in [5.41, 5.74) is 5.90. The number of ether oxygens (including phenoxy) is 1. The van der Waals surface area contributed by atoms with E-state index in [4.69, 9.17) is 15.6 Å². The SMILES string of the molecule is CC1CC(CN)(CCO)CC(C)O1. The number of rotatable bonds is 3. The molecule has 1 saturated heterocycles. The standard InChI is InChI=1S/C10H21NO2/c1-8-5-10(7-11,3-4-12)6-9(2)13-8/h8-9,12H,3-7,11H2,1-2H3. The van der Waals surface area contributed by atoms with Crippen molar-refractivity contribution in [3.05, 3.63) is 0 Å². The van der Waals surface area contributed by atoms with Crippen LogP contribution in [0, 0.1) is 5.41 Å². The van der Waals surface area contributed by atoms with Crippen LogP contribution in [0.15, 0.2) is 0 Å². The highest BCUT2D eigenvalue weighted by Crippen LogP contribution is 2.38. The van der Waals surface area contributed by atoms with E-state index < -0.39 is 0 Å². The van der Waals surface area contributed by atoms with E-state index in [2.05, 4.69) is 13.8 Å². The molecular formula is C10H21NO2. The van der Waals surface area contributed by atoms with Crippen molar-refractivity contribution in [1.82, 2.24) is 0 Å².